The second-order valence-corrected chi connectivity index (χ2v) is 4.04. The van der Waals surface area contributed by atoms with Gasteiger partial charge in [0, 0.05) is 17.8 Å². The van der Waals surface area contributed by atoms with E-state index >= 15 is 0 Å². The summed E-state index contributed by atoms with van der Waals surface area (Å²) in [5, 5.41) is 2.72. The van der Waals surface area contributed by atoms with Gasteiger partial charge in [-0.1, -0.05) is 31.2 Å². The van der Waals surface area contributed by atoms with Gasteiger partial charge in [0.1, 0.15) is 0 Å². The van der Waals surface area contributed by atoms with Crippen molar-refractivity contribution in [1.82, 2.24) is 4.98 Å². The van der Waals surface area contributed by atoms with Crippen LogP contribution in [0.2, 0.25) is 0 Å². The molecular formula is C12H12N2S. The number of aliphatic imine (C=N–C) groups is 1. The van der Waals surface area contributed by atoms with Gasteiger partial charge in [-0.2, -0.15) is 0 Å². The average Bonchev–Trinajstić information content (AvgIpc) is 2.80. The Bertz CT molecular complexity index is 429. The van der Waals surface area contributed by atoms with Crippen molar-refractivity contribution in [2.75, 3.05) is 0 Å². The summed E-state index contributed by atoms with van der Waals surface area (Å²) in [7, 11) is 0. The van der Waals surface area contributed by atoms with Crippen LogP contribution in [0.5, 0.6) is 0 Å². The molecule has 0 unspecified atom stereocenters. The first-order valence-corrected chi connectivity index (χ1v) is 5.79. The molecule has 0 bridgehead atoms. The van der Waals surface area contributed by atoms with Gasteiger partial charge >= 0.3 is 0 Å². The summed E-state index contributed by atoms with van der Waals surface area (Å²) in [4.78, 5) is 8.36. The largest absolute Gasteiger partial charge is 0.227 e. The molecule has 1 aromatic heterocycles. The van der Waals surface area contributed by atoms with Crippen molar-refractivity contribution in [3.05, 3.63) is 47.0 Å². The van der Waals surface area contributed by atoms with E-state index in [1.807, 2.05) is 11.6 Å². The van der Waals surface area contributed by atoms with E-state index in [0.717, 1.165) is 17.1 Å². The van der Waals surface area contributed by atoms with Gasteiger partial charge in [-0.3, -0.25) is 0 Å². The lowest BCUT2D eigenvalue weighted by atomic mass is 10.1. The molecule has 2 rings (SSSR count). The van der Waals surface area contributed by atoms with Gasteiger partial charge in [0.2, 0.25) is 5.13 Å². The maximum atomic E-state index is 4.27. The number of nitrogens with zero attached hydrogens (tertiary/aromatic N) is 2. The zero-order chi connectivity index (χ0) is 10.5. The van der Waals surface area contributed by atoms with E-state index < -0.39 is 0 Å². The standard InChI is InChI=1S/C12H12N2S/c1-2-10-3-5-11(6-4-10)9-14-12-13-7-8-15-12/h3-9H,2H2,1H3/b14-9-. The van der Waals surface area contributed by atoms with Gasteiger partial charge in [-0.15, -0.1) is 11.3 Å². The zero-order valence-electron chi connectivity index (χ0n) is 8.55. The molecular weight excluding hydrogens is 204 g/mol. The smallest absolute Gasteiger partial charge is 0.208 e. The molecule has 0 aliphatic rings. The van der Waals surface area contributed by atoms with Crippen LogP contribution in [0.15, 0.2) is 40.8 Å². The van der Waals surface area contributed by atoms with Crippen LogP contribution in [0, 0.1) is 0 Å². The van der Waals surface area contributed by atoms with Gasteiger partial charge in [-0.05, 0) is 17.5 Å². The minimum absolute atomic E-state index is 0.801. The van der Waals surface area contributed by atoms with E-state index in [-0.39, 0.29) is 0 Å². The summed E-state index contributed by atoms with van der Waals surface area (Å²) in [5.41, 5.74) is 2.46. The first-order chi connectivity index (χ1) is 7.38. The highest BCUT2D eigenvalue weighted by Crippen LogP contribution is 2.14. The minimum Gasteiger partial charge on any atom is -0.227 e. The number of aromatic nitrogens is 1. The van der Waals surface area contributed by atoms with Crippen LogP contribution in [0.1, 0.15) is 18.1 Å². The molecule has 0 radical (unpaired) electrons. The van der Waals surface area contributed by atoms with E-state index in [1.165, 1.54) is 5.56 Å². The summed E-state index contributed by atoms with van der Waals surface area (Å²) >= 11 is 1.54. The lowest BCUT2D eigenvalue weighted by Gasteiger charge is -1.96. The summed E-state index contributed by atoms with van der Waals surface area (Å²) < 4.78 is 0. The van der Waals surface area contributed by atoms with E-state index in [1.54, 1.807) is 17.5 Å². The summed E-state index contributed by atoms with van der Waals surface area (Å²) in [5.74, 6) is 0. The number of benzene rings is 1. The van der Waals surface area contributed by atoms with Crippen molar-refractivity contribution in [2.24, 2.45) is 4.99 Å². The number of rotatable bonds is 3. The molecule has 0 saturated heterocycles. The maximum Gasteiger partial charge on any atom is 0.208 e. The molecule has 1 heterocycles. The van der Waals surface area contributed by atoms with Crippen molar-refractivity contribution < 1.29 is 0 Å². The Hall–Kier alpha value is -1.48. The van der Waals surface area contributed by atoms with Gasteiger partial charge < -0.3 is 0 Å². The quantitative estimate of drug-likeness (QED) is 0.721. The summed E-state index contributed by atoms with van der Waals surface area (Å²) in [6, 6.07) is 8.41. The molecule has 0 atom stereocenters. The van der Waals surface area contributed by atoms with Crippen LogP contribution in [-0.2, 0) is 6.42 Å². The molecule has 0 spiro atoms. The minimum atomic E-state index is 0.801. The van der Waals surface area contributed by atoms with Crippen LogP contribution in [0.3, 0.4) is 0 Å². The van der Waals surface area contributed by atoms with Crippen LogP contribution >= 0.6 is 11.3 Å². The van der Waals surface area contributed by atoms with E-state index in [4.69, 9.17) is 0 Å². The van der Waals surface area contributed by atoms with E-state index in [0.29, 0.717) is 0 Å². The first kappa shape index (κ1) is 10.1. The van der Waals surface area contributed by atoms with Crippen LogP contribution < -0.4 is 0 Å². The van der Waals surface area contributed by atoms with Crippen molar-refractivity contribution in [1.29, 1.82) is 0 Å². The van der Waals surface area contributed by atoms with Crippen LogP contribution in [-0.4, -0.2) is 11.2 Å². The molecule has 15 heavy (non-hydrogen) atoms. The highest BCUT2D eigenvalue weighted by Gasteiger charge is 1.91. The van der Waals surface area contributed by atoms with Crippen LogP contribution in [0.25, 0.3) is 0 Å². The monoisotopic (exact) mass is 216 g/mol. The highest BCUT2D eigenvalue weighted by molar-refractivity contribution is 7.13. The molecule has 2 aromatic rings. The maximum absolute atomic E-state index is 4.27. The fourth-order valence-electron chi connectivity index (χ4n) is 1.25. The van der Waals surface area contributed by atoms with E-state index in [9.17, 15) is 0 Å². The van der Waals surface area contributed by atoms with Gasteiger partial charge in [0.25, 0.3) is 0 Å². The van der Waals surface area contributed by atoms with Gasteiger partial charge in [0.05, 0.1) is 0 Å². The Balaban J connectivity index is 2.11. The number of hydrogen-bond acceptors (Lipinski definition) is 3. The second kappa shape index (κ2) is 4.84. The molecule has 0 aliphatic heterocycles. The van der Waals surface area contributed by atoms with Crippen molar-refractivity contribution >= 4 is 22.7 Å². The third kappa shape index (κ3) is 2.73. The SMILES string of the molecule is CCc1ccc(/C=N\c2nccs2)cc1. The molecule has 0 saturated carbocycles. The van der Waals surface area contributed by atoms with Crippen molar-refractivity contribution in [3.8, 4) is 0 Å². The van der Waals surface area contributed by atoms with E-state index in [2.05, 4.69) is 41.2 Å². The summed E-state index contributed by atoms with van der Waals surface area (Å²) in [6.45, 7) is 2.15. The highest BCUT2D eigenvalue weighted by atomic mass is 32.1. The Labute approximate surface area is 93.3 Å². The molecule has 0 aliphatic carbocycles. The Kier molecular flexibility index (Phi) is 3.25. The lowest BCUT2D eigenvalue weighted by molar-refractivity contribution is 1.14. The second-order valence-electron chi connectivity index (χ2n) is 3.17. The predicted octanol–water partition coefficient (Wildman–Crippen LogP) is 3.46. The third-order valence-electron chi connectivity index (χ3n) is 2.13. The van der Waals surface area contributed by atoms with Crippen molar-refractivity contribution in [3.63, 3.8) is 0 Å². The van der Waals surface area contributed by atoms with Gasteiger partial charge in [-0.25, -0.2) is 9.98 Å². The zero-order valence-corrected chi connectivity index (χ0v) is 9.37. The summed E-state index contributed by atoms with van der Waals surface area (Å²) in [6.07, 6.45) is 4.68. The van der Waals surface area contributed by atoms with Crippen LogP contribution in [0.4, 0.5) is 5.13 Å². The number of hydrogen-bond donors (Lipinski definition) is 0. The Morgan fingerprint density at radius 1 is 1.33 bits per heavy atom. The molecule has 0 fully saturated rings. The topological polar surface area (TPSA) is 25.2 Å². The fourth-order valence-corrected chi connectivity index (χ4v) is 1.73. The lowest BCUT2D eigenvalue weighted by Crippen LogP contribution is -1.83. The number of aryl methyl sites for hydroxylation is 1. The normalized spacial score (nSPS) is 11.0. The average molecular weight is 216 g/mol. The predicted molar refractivity (Wildman–Crippen MR) is 65.2 cm³/mol. The third-order valence-corrected chi connectivity index (χ3v) is 2.81. The van der Waals surface area contributed by atoms with Crippen molar-refractivity contribution in [2.45, 2.75) is 13.3 Å². The van der Waals surface area contributed by atoms with Gasteiger partial charge in [0.15, 0.2) is 0 Å². The molecule has 1 aromatic carbocycles. The Morgan fingerprint density at radius 2 is 2.13 bits per heavy atom. The number of thiazole rings is 1. The first-order valence-electron chi connectivity index (χ1n) is 4.91. The molecule has 0 N–H and O–H groups in total. The molecule has 76 valence electrons. The molecule has 2 nitrogen and oxygen atoms in total. The Morgan fingerprint density at radius 3 is 2.73 bits per heavy atom. The molecule has 0 amide bonds. The fraction of sp³-hybridized carbons (Fsp3) is 0.167. The molecule has 3 heteroatoms.